The second-order valence-electron chi connectivity index (χ2n) is 7.75. The van der Waals surface area contributed by atoms with E-state index in [1.165, 1.54) is 6.07 Å². The molecule has 30 heavy (non-hydrogen) atoms. The number of fused-ring (bicyclic) bond motifs is 1. The fraction of sp³-hybridized carbons (Fsp3) is 0.348. The van der Waals surface area contributed by atoms with Gasteiger partial charge in [0.15, 0.2) is 0 Å². The maximum Gasteiger partial charge on any atom is 0.238 e. The van der Waals surface area contributed by atoms with Crippen molar-refractivity contribution in [1.82, 2.24) is 10.6 Å². The lowest BCUT2D eigenvalue weighted by Gasteiger charge is -2.17. The molecule has 0 saturated carbocycles. The predicted octanol–water partition coefficient (Wildman–Crippen LogP) is 2.29. The second-order valence-corrected chi connectivity index (χ2v) is 7.75. The minimum absolute atomic E-state index is 0.0877. The summed E-state index contributed by atoms with van der Waals surface area (Å²) in [6, 6.07) is 14.8. The van der Waals surface area contributed by atoms with Crippen molar-refractivity contribution in [3.05, 3.63) is 59.4 Å². The number of rotatable bonds is 5. The summed E-state index contributed by atoms with van der Waals surface area (Å²) in [5, 5.41) is 24.3. The third kappa shape index (κ3) is 4.18. The smallest absolute Gasteiger partial charge is 0.238 e. The zero-order chi connectivity index (χ0) is 21.1. The van der Waals surface area contributed by atoms with Gasteiger partial charge in [-0.1, -0.05) is 24.3 Å². The Hall–Kier alpha value is -3.26. The summed E-state index contributed by atoms with van der Waals surface area (Å²) in [6.07, 6.45) is 0.771. The summed E-state index contributed by atoms with van der Waals surface area (Å²) < 4.78 is 20.1. The molecule has 2 fully saturated rings. The fourth-order valence-corrected chi connectivity index (χ4v) is 4.08. The first kappa shape index (κ1) is 20.0. The molecule has 4 unspecified atom stereocenters. The Bertz CT molecular complexity index is 1010. The summed E-state index contributed by atoms with van der Waals surface area (Å²) in [4.78, 5) is 12.5. The number of ether oxygens (including phenoxy) is 1. The lowest BCUT2D eigenvalue weighted by atomic mass is 9.99. The summed E-state index contributed by atoms with van der Waals surface area (Å²) in [5.74, 6) is -0.337. The Labute approximate surface area is 174 Å². The van der Waals surface area contributed by atoms with Crippen molar-refractivity contribution in [3.63, 3.8) is 0 Å². The van der Waals surface area contributed by atoms with E-state index in [9.17, 15) is 14.4 Å². The van der Waals surface area contributed by atoms with E-state index >= 15 is 0 Å². The number of hydrogen-bond acceptors (Lipinski definition) is 5. The zero-order valence-electron chi connectivity index (χ0n) is 16.3. The van der Waals surface area contributed by atoms with Crippen LogP contribution in [0.4, 0.5) is 4.39 Å². The predicted molar refractivity (Wildman–Crippen MR) is 107 cm³/mol. The van der Waals surface area contributed by atoms with Crippen LogP contribution >= 0.6 is 0 Å². The van der Waals surface area contributed by atoms with Gasteiger partial charge in [-0.25, -0.2) is 4.39 Å². The molecule has 6 nitrogen and oxygen atoms in total. The van der Waals surface area contributed by atoms with Crippen molar-refractivity contribution in [2.45, 2.75) is 31.0 Å². The fourth-order valence-electron chi connectivity index (χ4n) is 4.08. The number of hydrogen-bond donors (Lipinski definition) is 2. The number of carbonyl (C=O) groups excluding carboxylic acids is 1. The van der Waals surface area contributed by atoms with E-state index in [0.717, 1.165) is 5.56 Å². The molecular formula is C23H21FN4O2. The number of halogens is 1. The average molecular weight is 404 g/mol. The van der Waals surface area contributed by atoms with Crippen LogP contribution < -0.4 is 10.6 Å². The lowest BCUT2D eigenvalue weighted by molar-refractivity contribution is -0.123. The summed E-state index contributed by atoms with van der Waals surface area (Å²) in [6.45, 7) is 1.26. The maximum absolute atomic E-state index is 14.7. The van der Waals surface area contributed by atoms with Crippen molar-refractivity contribution < 1.29 is 13.9 Å². The Kier molecular flexibility index (Phi) is 5.76. The average Bonchev–Trinajstić information content (AvgIpc) is 3.37. The van der Waals surface area contributed by atoms with Gasteiger partial charge in [-0.05, 0) is 41.3 Å². The van der Waals surface area contributed by atoms with Crippen molar-refractivity contribution in [1.29, 1.82) is 10.5 Å². The molecule has 2 saturated heterocycles. The summed E-state index contributed by atoms with van der Waals surface area (Å²) in [7, 11) is 0. The van der Waals surface area contributed by atoms with Crippen LogP contribution in [0.25, 0.3) is 11.1 Å². The van der Waals surface area contributed by atoms with Crippen LogP contribution in [0.2, 0.25) is 0 Å². The molecule has 0 spiro atoms. The molecule has 2 aliphatic heterocycles. The number of benzene rings is 2. The van der Waals surface area contributed by atoms with Crippen LogP contribution in [-0.2, 0) is 16.0 Å². The molecule has 152 valence electrons. The minimum Gasteiger partial charge on any atom is -0.379 e. The van der Waals surface area contributed by atoms with Crippen molar-refractivity contribution in [2.75, 3.05) is 13.2 Å². The van der Waals surface area contributed by atoms with E-state index in [1.54, 1.807) is 36.4 Å². The van der Waals surface area contributed by atoms with E-state index < -0.39 is 11.9 Å². The Morgan fingerprint density at radius 3 is 2.63 bits per heavy atom. The van der Waals surface area contributed by atoms with Gasteiger partial charge in [-0.15, -0.1) is 0 Å². The van der Waals surface area contributed by atoms with E-state index in [0.29, 0.717) is 42.2 Å². The summed E-state index contributed by atoms with van der Waals surface area (Å²) >= 11 is 0. The molecule has 4 rings (SSSR count). The Morgan fingerprint density at radius 2 is 1.97 bits per heavy atom. The van der Waals surface area contributed by atoms with Crippen molar-refractivity contribution >= 4 is 5.91 Å². The van der Waals surface area contributed by atoms with Gasteiger partial charge in [-0.3, -0.25) is 4.79 Å². The molecule has 2 N–H and O–H groups in total. The molecule has 0 radical (unpaired) electrons. The van der Waals surface area contributed by atoms with Gasteiger partial charge in [0.2, 0.25) is 5.91 Å². The molecular weight excluding hydrogens is 383 g/mol. The second kappa shape index (κ2) is 8.62. The zero-order valence-corrected chi connectivity index (χ0v) is 16.3. The van der Waals surface area contributed by atoms with Gasteiger partial charge in [0.1, 0.15) is 11.9 Å². The van der Waals surface area contributed by atoms with E-state index in [4.69, 9.17) is 10.00 Å². The summed E-state index contributed by atoms with van der Waals surface area (Å²) in [5.41, 5.74) is 2.38. The topological polar surface area (TPSA) is 97.9 Å². The van der Waals surface area contributed by atoms with Gasteiger partial charge in [0.25, 0.3) is 0 Å². The Morgan fingerprint density at radius 1 is 1.20 bits per heavy atom. The highest BCUT2D eigenvalue weighted by Crippen LogP contribution is 2.26. The standard InChI is InChI=1S/C23H21FN4O2/c24-20-8-16(15-3-1-14(10-25)2-4-15)5-6-17(20)7-19(11-26)27-23(29)21-9-18-12-30-13-22(18)28-21/h1-6,8,18-19,21-22,28H,7,9,12-13H2,(H,27,29). The molecule has 1 amide bonds. The first-order valence-corrected chi connectivity index (χ1v) is 9.90. The largest absolute Gasteiger partial charge is 0.379 e. The van der Waals surface area contributed by atoms with E-state index in [2.05, 4.69) is 22.8 Å². The number of nitriles is 2. The number of carbonyl (C=O) groups is 1. The van der Waals surface area contributed by atoms with Crippen LogP contribution in [0, 0.1) is 34.4 Å². The third-order valence-electron chi connectivity index (χ3n) is 5.77. The van der Waals surface area contributed by atoms with Gasteiger partial charge in [-0.2, -0.15) is 10.5 Å². The highest BCUT2D eigenvalue weighted by atomic mass is 19.1. The van der Waals surface area contributed by atoms with Gasteiger partial charge in [0, 0.05) is 18.4 Å². The third-order valence-corrected chi connectivity index (χ3v) is 5.77. The van der Waals surface area contributed by atoms with Crippen molar-refractivity contribution in [3.8, 4) is 23.3 Å². The van der Waals surface area contributed by atoms with Crippen LogP contribution in [-0.4, -0.2) is 37.2 Å². The number of amides is 1. The highest BCUT2D eigenvalue weighted by molar-refractivity contribution is 5.82. The molecule has 4 atom stereocenters. The molecule has 7 heteroatoms. The molecule has 2 heterocycles. The number of nitrogens with zero attached hydrogens (tertiary/aromatic N) is 2. The monoisotopic (exact) mass is 404 g/mol. The van der Waals surface area contributed by atoms with Crippen LogP contribution in [0.3, 0.4) is 0 Å². The molecule has 2 aromatic carbocycles. The van der Waals surface area contributed by atoms with Gasteiger partial charge in [0.05, 0.1) is 37.0 Å². The molecule has 0 aromatic heterocycles. The minimum atomic E-state index is -0.814. The SMILES string of the molecule is N#Cc1ccc(-c2ccc(CC(C#N)NC(=O)C3CC4COCC4N3)c(F)c2)cc1. The van der Waals surface area contributed by atoms with Crippen LogP contribution in [0.5, 0.6) is 0 Å². The first-order valence-electron chi connectivity index (χ1n) is 9.90. The van der Waals surface area contributed by atoms with Crippen LogP contribution in [0.15, 0.2) is 42.5 Å². The molecule has 0 bridgehead atoms. The van der Waals surface area contributed by atoms with E-state index in [-0.39, 0.29) is 24.4 Å². The normalized spacial score (nSPS) is 23.2. The number of nitrogens with one attached hydrogen (secondary N) is 2. The van der Waals surface area contributed by atoms with Crippen LogP contribution in [0.1, 0.15) is 17.5 Å². The molecule has 2 aromatic rings. The van der Waals surface area contributed by atoms with Gasteiger partial charge >= 0.3 is 0 Å². The molecule has 0 aliphatic carbocycles. The van der Waals surface area contributed by atoms with Gasteiger partial charge < -0.3 is 15.4 Å². The maximum atomic E-state index is 14.7. The lowest BCUT2D eigenvalue weighted by Crippen LogP contribution is -2.47. The highest BCUT2D eigenvalue weighted by Gasteiger charge is 2.41. The quantitative estimate of drug-likeness (QED) is 0.797. The first-order chi connectivity index (χ1) is 14.6. The van der Waals surface area contributed by atoms with E-state index in [1.807, 2.05) is 0 Å². The Balaban J connectivity index is 1.40. The molecule has 2 aliphatic rings. The van der Waals surface area contributed by atoms with Crippen molar-refractivity contribution in [2.24, 2.45) is 5.92 Å².